The summed E-state index contributed by atoms with van der Waals surface area (Å²) >= 11 is 0. The standard InChI is InChI=1S/C72H141NO5/c1-3-5-7-9-11-13-14-15-39-43-46-50-54-58-62-66-72(77)78-67-63-59-55-51-47-44-41-38-36-34-32-30-28-26-24-22-20-18-16-17-19-21-23-25-27-29-31-33-35-37-40-42-45-49-53-57-61-65-71(76)73-69(68-74)70(75)64-60-56-52-48-12-10-8-6-4-2/h16,18,69-70,74-75H,3-15,17,19-68H2,1-2H3,(H,73,76)/b18-16-. The third-order valence-corrected chi connectivity index (χ3v) is 17.1. The van der Waals surface area contributed by atoms with Crippen molar-refractivity contribution in [3.05, 3.63) is 12.2 Å². The lowest BCUT2D eigenvalue weighted by Crippen LogP contribution is -2.45. The highest BCUT2D eigenvalue weighted by Gasteiger charge is 2.20. The largest absolute Gasteiger partial charge is 0.466 e. The van der Waals surface area contributed by atoms with Crippen molar-refractivity contribution in [2.75, 3.05) is 13.2 Å². The van der Waals surface area contributed by atoms with E-state index in [2.05, 4.69) is 31.3 Å². The molecule has 0 aromatic heterocycles. The highest BCUT2D eigenvalue weighted by Crippen LogP contribution is 2.19. The molecule has 1 amide bonds. The number of rotatable bonds is 68. The zero-order chi connectivity index (χ0) is 56.4. The van der Waals surface area contributed by atoms with E-state index < -0.39 is 12.1 Å². The Morgan fingerprint density at radius 1 is 0.346 bits per heavy atom. The van der Waals surface area contributed by atoms with Crippen molar-refractivity contribution in [1.29, 1.82) is 0 Å². The van der Waals surface area contributed by atoms with Crippen LogP contribution < -0.4 is 5.32 Å². The molecule has 0 saturated carbocycles. The fourth-order valence-electron chi connectivity index (χ4n) is 11.6. The van der Waals surface area contributed by atoms with Crippen LogP contribution in [0.15, 0.2) is 12.2 Å². The molecule has 0 rings (SSSR count). The van der Waals surface area contributed by atoms with Gasteiger partial charge in [0.15, 0.2) is 0 Å². The number of carbonyl (C=O) groups excluding carboxylic acids is 2. The van der Waals surface area contributed by atoms with Crippen LogP contribution in [0.25, 0.3) is 0 Å². The second kappa shape index (κ2) is 68.1. The molecule has 0 fully saturated rings. The molecule has 2 unspecified atom stereocenters. The van der Waals surface area contributed by atoms with Gasteiger partial charge in [0.25, 0.3) is 0 Å². The molecule has 0 aliphatic heterocycles. The highest BCUT2D eigenvalue weighted by atomic mass is 16.5. The fourth-order valence-corrected chi connectivity index (χ4v) is 11.6. The number of aliphatic hydroxyl groups excluding tert-OH is 2. The third-order valence-electron chi connectivity index (χ3n) is 17.1. The van der Waals surface area contributed by atoms with Gasteiger partial charge in [0.1, 0.15) is 0 Å². The molecule has 0 heterocycles. The fraction of sp³-hybridized carbons (Fsp3) is 0.944. The molecule has 0 aliphatic carbocycles. The molecule has 0 bridgehead atoms. The number of allylic oxidation sites excluding steroid dienone is 2. The van der Waals surface area contributed by atoms with Crippen molar-refractivity contribution in [2.24, 2.45) is 0 Å². The first-order valence-electron chi connectivity index (χ1n) is 35.9. The van der Waals surface area contributed by atoms with Gasteiger partial charge in [-0.1, -0.05) is 360 Å². The number of unbranched alkanes of at least 4 members (excludes halogenated alkanes) is 55. The third kappa shape index (κ3) is 63.8. The van der Waals surface area contributed by atoms with Gasteiger partial charge in [0.2, 0.25) is 5.91 Å². The van der Waals surface area contributed by atoms with Gasteiger partial charge in [-0.3, -0.25) is 9.59 Å². The lowest BCUT2D eigenvalue weighted by Gasteiger charge is -2.22. The van der Waals surface area contributed by atoms with Crippen LogP contribution >= 0.6 is 0 Å². The molecular formula is C72H141NO5. The molecular weight excluding hydrogens is 959 g/mol. The lowest BCUT2D eigenvalue weighted by atomic mass is 10.0. The minimum atomic E-state index is -0.658. The van der Waals surface area contributed by atoms with Crippen molar-refractivity contribution < 1.29 is 24.5 Å². The Morgan fingerprint density at radius 2 is 0.603 bits per heavy atom. The summed E-state index contributed by atoms with van der Waals surface area (Å²) < 4.78 is 5.50. The number of carbonyl (C=O) groups is 2. The number of esters is 1. The number of hydrogen-bond acceptors (Lipinski definition) is 5. The second-order valence-corrected chi connectivity index (χ2v) is 24.9. The van der Waals surface area contributed by atoms with E-state index in [9.17, 15) is 19.8 Å². The van der Waals surface area contributed by atoms with Crippen LogP contribution in [0.2, 0.25) is 0 Å². The first kappa shape index (κ1) is 76.6. The predicted molar refractivity (Wildman–Crippen MR) is 343 cm³/mol. The summed E-state index contributed by atoms with van der Waals surface area (Å²) in [5.74, 6) is -0.00613. The SMILES string of the molecule is CCCCCCCCCCCCCCCCCC(=O)OCCCCCCCCCCCCCCCCCC/C=C\CCCCCCCCCCCCCCCCCCCC(=O)NC(CO)C(O)CCCCCCCCCCC. The van der Waals surface area contributed by atoms with Gasteiger partial charge in [0, 0.05) is 12.8 Å². The summed E-state index contributed by atoms with van der Waals surface area (Å²) in [6.45, 7) is 4.97. The first-order valence-corrected chi connectivity index (χ1v) is 35.9. The first-order chi connectivity index (χ1) is 38.5. The average molecular weight is 1100 g/mol. The number of hydrogen-bond donors (Lipinski definition) is 3. The second-order valence-electron chi connectivity index (χ2n) is 24.9. The highest BCUT2D eigenvalue weighted by molar-refractivity contribution is 5.76. The van der Waals surface area contributed by atoms with E-state index in [1.165, 1.54) is 340 Å². The van der Waals surface area contributed by atoms with Gasteiger partial charge in [-0.2, -0.15) is 0 Å². The Kier molecular flexibility index (Phi) is 66.9. The van der Waals surface area contributed by atoms with Gasteiger partial charge >= 0.3 is 5.97 Å². The van der Waals surface area contributed by atoms with Crippen molar-refractivity contribution in [1.82, 2.24) is 5.32 Å². The van der Waals surface area contributed by atoms with Crippen LogP contribution in [0.3, 0.4) is 0 Å². The molecule has 464 valence electrons. The summed E-state index contributed by atoms with van der Waals surface area (Å²) in [7, 11) is 0. The van der Waals surface area contributed by atoms with Crippen molar-refractivity contribution in [3.63, 3.8) is 0 Å². The van der Waals surface area contributed by atoms with Gasteiger partial charge in [0.05, 0.1) is 25.4 Å². The summed E-state index contributed by atoms with van der Waals surface area (Å²) in [5, 5.41) is 23.1. The predicted octanol–water partition coefficient (Wildman–Crippen LogP) is 23.1. The van der Waals surface area contributed by atoms with Crippen LogP contribution in [0.5, 0.6) is 0 Å². The number of aliphatic hydroxyl groups is 2. The van der Waals surface area contributed by atoms with Crippen LogP contribution in [-0.2, 0) is 14.3 Å². The van der Waals surface area contributed by atoms with Gasteiger partial charge in [-0.05, 0) is 51.4 Å². The maximum atomic E-state index is 12.4. The Morgan fingerprint density at radius 3 is 0.910 bits per heavy atom. The van der Waals surface area contributed by atoms with Crippen LogP contribution in [0.4, 0.5) is 0 Å². The van der Waals surface area contributed by atoms with Crippen molar-refractivity contribution in [2.45, 2.75) is 424 Å². The molecule has 78 heavy (non-hydrogen) atoms. The lowest BCUT2D eigenvalue weighted by molar-refractivity contribution is -0.143. The maximum Gasteiger partial charge on any atom is 0.305 e. The number of ether oxygens (including phenoxy) is 1. The smallest absolute Gasteiger partial charge is 0.305 e. The molecule has 0 radical (unpaired) electrons. The van der Waals surface area contributed by atoms with E-state index in [4.69, 9.17) is 4.74 Å². The number of nitrogens with one attached hydrogen (secondary N) is 1. The van der Waals surface area contributed by atoms with Crippen molar-refractivity contribution in [3.8, 4) is 0 Å². The zero-order valence-electron chi connectivity index (χ0n) is 53.2. The molecule has 0 saturated heterocycles. The van der Waals surface area contributed by atoms with Crippen LogP contribution in [0.1, 0.15) is 412 Å². The van der Waals surface area contributed by atoms with Crippen LogP contribution in [0, 0.1) is 0 Å². The Balaban J connectivity index is 3.28. The Labute approximate surface area is 489 Å². The molecule has 0 aliphatic rings. The van der Waals surface area contributed by atoms with Gasteiger partial charge < -0.3 is 20.3 Å². The monoisotopic (exact) mass is 1100 g/mol. The summed E-state index contributed by atoms with van der Waals surface area (Å²) in [4.78, 5) is 24.5. The zero-order valence-corrected chi connectivity index (χ0v) is 53.2. The Hall–Kier alpha value is -1.40. The molecule has 3 N–H and O–H groups in total. The molecule has 2 atom stereocenters. The molecule has 6 heteroatoms. The summed E-state index contributed by atoms with van der Waals surface area (Å²) in [6.07, 6.45) is 84.4. The molecule has 6 nitrogen and oxygen atoms in total. The quantitative estimate of drug-likeness (QED) is 0.0320. The minimum Gasteiger partial charge on any atom is -0.466 e. The average Bonchev–Trinajstić information content (AvgIpc) is 3.44. The maximum absolute atomic E-state index is 12.4. The summed E-state index contributed by atoms with van der Waals surface area (Å²) in [6, 6.07) is -0.535. The number of amides is 1. The van der Waals surface area contributed by atoms with Gasteiger partial charge in [-0.25, -0.2) is 0 Å². The minimum absolute atomic E-state index is 0.0251. The molecule has 0 spiro atoms. The summed E-state index contributed by atoms with van der Waals surface area (Å²) in [5.41, 5.74) is 0. The van der Waals surface area contributed by atoms with E-state index in [1.807, 2.05) is 0 Å². The molecule has 0 aromatic rings. The van der Waals surface area contributed by atoms with Gasteiger partial charge in [-0.15, -0.1) is 0 Å². The van der Waals surface area contributed by atoms with E-state index in [0.29, 0.717) is 25.9 Å². The van der Waals surface area contributed by atoms with E-state index in [0.717, 1.165) is 38.5 Å². The molecule has 0 aromatic carbocycles. The normalized spacial score (nSPS) is 12.5. The van der Waals surface area contributed by atoms with E-state index >= 15 is 0 Å². The Bertz CT molecular complexity index is 1180. The van der Waals surface area contributed by atoms with E-state index in [-0.39, 0.29) is 18.5 Å². The van der Waals surface area contributed by atoms with Crippen molar-refractivity contribution >= 4 is 11.9 Å². The topological polar surface area (TPSA) is 95.9 Å². The van der Waals surface area contributed by atoms with Crippen LogP contribution in [-0.4, -0.2) is 47.4 Å². The van der Waals surface area contributed by atoms with E-state index in [1.54, 1.807) is 0 Å².